The van der Waals surface area contributed by atoms with Gasteiger partial charge in [-0.2, -0.15) is 5.26 Å². The van der Waals surface area contributed by atoms with Gasteiger partial charge in [-0.25, -0.2) is 12.8 Å². The molecule has 0 aromatic heterocycles. The van der Waals surface area contributed by atoms with Crippen molar-refractivity contribution >= 4 is 9.84 Å². The molecule has 0 saturated heterocycles. The zero-order chi connectivity index (χ0) is 15.6. The summed E-state index contributed by atoms with van der Waals surface area (Å²) in [6.45, 7) is 3.83. The Labute approximate surface area is 123 Å². The molecule has 0 fully saturated rings. The molecule has 0 N–H and O–H groups in total. The van der Waals surface area contributed by atoms with Gasteiger partial charge in [-0.15, -0.1) is 0 Å². The predicted molar refractivity (Wildman–Crippen MR) is 77.9 cm³/mol. The van der Waals surface area contributed by atoms with E-state index in [1.807, 2.05) is 19.9 Å². The summed E-state index contributed by atoms with van der Waals surface area (Å²) in [7, 11) is -3.78. The largest absolute Gasteiger partial charge is 0.223 e. The highest BCUT2D eigenvalue weighted by Gasteiger charge is 2.20. The summed E-state index contributed by atoms with van der Waals surface area (Å²) in [6, 6.07) is 10.5. The lowest BCUT2D eigenvalue weighted by molar-refractivity contribution is 0.566. The van der Waals surface area contributed by atoms with Crippen molar-refractivity contribution in [2.24, 2.45) is 0 Å². The second-order valence-electron chi connectivity index (χ2n) is 4.93. The molecule has 0 radical (unpaired) electrons. The Morgan fingerprint density at radius 2 is 1.81 bits per heavy atom. The van der Waals surface area contributed by atoms with Crippen molar-refractivity contribution in [3.8, 4) is 6.07 Å². The van der Waals surface area contributed by atoms with E-state index in [1.165, 1.54) is 6.07 Å². The summed E-state index contributed by atoms with van der Waals surface area (Å²) in [5, 5.41) is 8.68. The van der Waals surface area contributed by atoms with E-state index in [1.54, 1.807) is 18.2 Å². The van der Waals surface area contributed by atoms with Crippen molar-refractivity contribution in [2.45, 2.75) is 24.5 Å². The van der Waals surface area contributed by atoms with E-state index < -0.39 is 15.7 Å². The molecule has 0 amide bonds. The van der Waals surface area contributed by atoms with E-state index in [0.29, 0.717) is 5.56 Å². The minimum absolute atomic E-state index is 0.0950. The molecule has 3 nitrogen and oxygen atoms in total. The molecule has 0 aliphatic rings. The first-order valence-electron chi connectivity index (χ1n) is 6.32. The maximum Gasteiger partial charge on any atom is 0.185 e. The molecule has 0 heterocycles. The Balaban J connectivity index is 2.38. The average Bonchev–Trinajstić information content (AvgIpc) is 2.42. The first-order chi connectivity index (χ1) is 9.83. The Bertz CT molecular complexity index is 836. The second kappa shape index (κ2) is 5.66. The van der Waals surface area contributed by atoms with Gasteiger partial charge in [0.05, 0.1) is 17.4 Å². The lowest BCUT2D eigenvalue weighted by atomic mass is 10.1. The van der Waals surface area contributed by atoms with Gasteiger partial charge in [-0.1, -0.05) is 18.2 Å². The number of aryl methyl sites for hydroxylation is 2. The zero-order valence-corrected chi connectivity index (χ0v) is 12.5. The summed E-state index contributed by atoms with van der Waals surface area (Å²) in [4.78, 5) is -0.375. The zero-order valence-electron chi connectivity index (χ0n) is 11.7. The van der Waals surface area contributed by atoms with Gasteiger partial charge in [0.15, 0.2) is 9.84 Å². The van der Waals surface area contributed by atoms with Crippen LogP contribution < -0.4 is 0 Å². The topological polar surface area (TPSA) is 57.9 Å². The summed E-state index contributed by atoms with van der Waals surface area (Å²) < 4.78 is 38.4. The number of halogens is 1. The third-order valence-corrected chi connectivity index (χ3v) is 5.04. The second-order valence-corrected chi connectivity index (χ2v) is 6.89. The van der Waals surface area contributed by atoms with Gasteiger partial charge in [0.1, 0.15) is 10.7 Å². The van der Waals surface area contributed by atoms with E-state index in [4.69, 9.17) is 5.26 Å². The predicted octanol–water partition coefficient (Wildman–Crippen LogP) is 3.29. The lowest BCUT2D eigenvalue weighted by Gasteiger charge is -2.08. The first-order valence-corrected chi connectivity index (χ1v) is 7.97. The van der Waals surface area contributed by atoms with Crippen molar-refractivity contribution in [3.05, 3.63) is 64.5 Å². The van der Waals surface area contributed by atoms with Gasteiger partial charge in [0.2, 0.25) is 0 Å². The van der Waals surface area contributed by atoms with Crippen molar-refractivity contribution in [2.75, 3.05) is 0 Å². The van der Waals surface area contributed by atoms with E-state index >= 15 is 0 Å². The number of hydrogen-bond acceptors (Lipinski definition) is 3. The molecule has 108 valence electrons. The monoisotopic (exact) mass is 303 g/mol. The maximum atomic E-state index is 13.8. The number of nitriles is 1. The van der Waals surface area contributed by atoms with Gasteiger partial charge in [-0.3, -0.25) is 0 Å². The molecule has 0 atom stereocenters. The smallest absolute Gasteiger partial charge is 0.185 e. The van der Waals surface area contributed by atoms with Crippen LogP contribution in [-0.4, -0.2) is 8.42 Å². The molecule has 0 aliphatic carbocycles. The van der Waals surface area contributed by atoms with Crippen LogP contribution in [0.3, 0.4) is 0 Å². The van der Waals surface area contributed by atoms with Crippen LogP contribution in [0.25, 0.3) is 0 Å². The fraction of sp³-hybridized carbons (Fsp3) is 0.188. The van der Waals surface area contributed by atoms with E-state index in [0.717, 1.165) is 23.3 Å². The third-order valence-electron chi connectivity index (χ3n) is 3.32. The number of sulfone groups is 1. The van der Waals surface area contributed by atoms with Crippen molar-refractivity contribution < 1.29 is 12.8 Å². The summed E-state index contributed by atoms with van der Waals surface area (Å²) in [5.74, 6) is -1.16. The Hall–Kier alpha value is -2.19. The molecule has 0 bridgehead atoms. The summed E-state index contributed by atoms with van der Waals surface area (Å²) in [6.07, 6.45) is 0. The molecule has 5 heteroatoms. The van der Waals surface area contributed by atoms with E-state index in [9.17, 15) is 12.8 Å². The van der Waals surface area contributed by atoms with Crippen LogP contribution in [0.4, 0.5) is 4.39 Å². The minimum atomic E-state index is -3.78. The molecular formula is C16H14FNO2S. The standard InChI is InChI=1S/C16H14FNO2S/c1-11-3-4-14(7-12(11)2)10-21(19,20)16-6-5-13(9-18)8-15(16)17/h3-8H,10H2,1-2H3. The van der Waals surface area contributed by atoms with Crippen LogP contribution in [0, 0.1) is 31.0 Å². The summed E-state index contributed by atoms with van der Waals surface area (Å²) >= 11 is 0. The van der Waals surface area contributed by atoms with Crippen LogP contribution >= 0.6 is 0 Å². The Kier molecular flexibility index (Phi) is 4.10. The molecule has 0 unspecified atom stereocenters. The molecular weight excluding hydrogens is 289 g/mol. The van der Waals surface area contributed by atoms with E-state index in [-0.39, 0.29) is 16.2 Å². The summed E-state index contributed by atoms with van der Waals surface area (Å²) in [5.41, 5.74) is 2.77. The first kappa shape index (κ1) is 15.2. The van der Waals surface area contributed by atoms with Crippen molar-refractivity contribution in [1.29, 1.82) is 5.26 Å². The minimum Gasteiger partial charge on any atom is -0.223 e. The highest BCUT2D eigenvalue weighted by Crippen LogP contribution is 2.21. The van der Waals surface area contributed by atoms with Crippen molar-refractivity contribution in [3.63, 3.8) is 0 Å². The molecule has 0 spiro atoms. The highest BCUT2D eigenvalue weighted by molar-refractivity contribution is 7.90. The molecule has 2 aromatic carbocycles. The average molecular weight is 303 g/mol. The fourth-order valence-electron chi connectivity index (χ4n) is 2.01. The molecule has 0 aliphatic heterocycles. The molecule has 21 heavy (non-hydrogen) atoms. The Morgan fingerprint density at radius 1 is 1.10 bits per heavy atom. The Morgan fingerprint density at radius 3 is 2.38 bits per heavy atom. The van der Waals surface area contributed by atoms with E-state index in [2.05, 4.69) is 0 Å². The van der Waals surface area contributed by atoms with Gasteiger partial charge in [-0.05, 0) is 48.7 Å². The number of hydrogen-bond donors (Lipinski definition) is 0. The maximum absolute atomic E-state index is 13.8. The highest BCUT2D eigenvalue weighted by atomic mass is 32.2. The van der Waals surface area contributed by atoms with Gasteiger partial charge < -0.3 is 0 Å². The van der Waals surface area contributed by atoms with Crippen LogP contribution in [0.2, 0.25) is 0 Å². The van der Waals surface area contributed by atoms with Gasteiger partial charge in [0, 0.05) is 0 Å². The fourth-order valence-corrected chi connectivity index (χ4v) is 3.42. The van der Waals surface area contributed by atoms with Crippen LogP contribution in [0.15, 0.2) is 41.3 Å². The third kappa shape index (κ3) is 3.29. The number of nitrogens with zero attached hydrogens (tertiary/aromatic N) is 1. The van der Waals surface area contributed by atoms with Gasteiger partial charge in [0.25, 0.3) is 0 Å². The molecule has 2 aromatic rings. The molecule has 0 saturated carbocycles. The van der Waals surface area contributed by atoms with Crippen LogP contribution in [-0.2, 0) is 15.6 Å². The SMILES string of the molecule is Cc1ccc(CS(=O)(=O)c2ccc(C#N)cc2F)cc1C. The quantitative estimate of drug-likeness (QED) is 0.874. The lowest BCUT2D eigenvalue weighted by Crippen LogP contribution is -2.08. The van der Waals surface area contributed by atoms with Crippen LogP contribution in [0.1, 0.15) is 22.3 Å². The number of rotatable bonds is 3. The van der Waals surface area contributed by atoms with Crippen LogP contribution in [0.5, 0.6) is 0 Å². The van der Waals surface area contributed by atoms with Crippen molar-refractivity contribution in [1.82, 2.24) is 0 Å². The van der Waals surface area contributed by atoms with Gasteiger partial charge >= 0.3 is 0 Å². The number of benzene rings is 2. The molecule has 2 rings (SSSR count). The normalized spacial score (nSPS) is 11.1.